The second kappa shape index (κ2) is 4.53. The van der Waals surface area contributed by atoms with Crippen LogP contribution in [0, 0.1) is 0 Å². The summed E-state index contributed by atoms with van der Waals surface area (Å²) in [6.07, 6.45) is 2.48. The van der Waals surface area contributed by atoms with Crippen molar-refractivity contribution in [2.24, 2.45) is 0 Å². The predicted molar refractivity (Wildman–Crippen MR) is 68.9 cm³/mol. The van der Waals surface area contributed by atoms with E-state index in [1.54, 1.807) is 0 Å². The summed E-state index contributed by atoms with van der Waals surface area (Å²) in [5.41, 5.74) is 2.50. The van der Waals surface area contributed by atoms with Gasteiger partial charge in [0.2, 0.25) is 6.79 Å². The van der Waals surface area contributed by atoms with Gasteiger partial charge in [0, 0.05) is 28.6 Å². The molecule has 1 aromatic carbocycles. The lowest BCUT2D eigenvalue weighted by Crippen LogP contribution is -1.93. The van der Waals surface area contributed by atoms with Crippen LogP contribution in [0.3, 0.4) is 0 Å². The molecule has 1 aromatic heterocycles. The van der Waals surface area contributed by atoms with Gasteiger partial charge in [-0.1, -0.05) is 0 Å². The molecule has 0 bridgehead atoms. The summed E-state index contributed by atoms with van der Waals surface area (Å²) in [5, 5.41) is 0.874. The summed E-state index contributed by atoms with van der Waals surface area (Å²) in [4.78, 5) is 14.5. The van der Waals surface area contributed by atoms with Crippen LogP contribution in [0.15, 0.2) is 12.1 Å². The fourth-order valence-electron chi connectivity index (χ4n) is 2.24. The number of aldehydes is 1. The molecule has 1 N–H and O–H groups in total. The Bertz CT molecular complexity index is 606. The smallest absolute Gasteiger partial charge is 0.231 e. The molecule has 0 saturated heterocycles. The van der Waals surface area contributed by atoms with Crippen LogP contribution in [0.2, 0.25) is 0 Å². The van der Waals surface area contributed by atoms with E-state index in [4.69, 9.17) is 21.1 Å². The van der Waals surface area contributed by atoms with Crippen molar-refractivity contribution in [1.29, 1.82) is 0 Å². The minimum atomic E-state index is 0.234. The summed E-state index contributed by atoms with van der Waals surface area (Å²) in [7, 11) is 0. The number of hydrogen-bond acceptors (Lipinski definition) is 3. The van der Waals surface area contributed by atoms with Gasteiger partial charge < -0.3 is 14.5 Å². The van der Waals surface area contributed by atoms with Crippen molar-refractivity contribution in [1.82, 2.24) is 4.98 Å². The normalized spacial score (nSPS) is 13.2. The van der Waals surface area contributed by atoms with Crippen molar-refractivity contribution >= 4 is 28.8 Å². The van der Waals surface area contributed by atoms with Gasteiger partial charge in [0.05, 0.1) is 5.52 Å². The van der Waals surface area contributed by atoms with Crippen LogP contribution < -0.4 is 9.47 Å². The van der Waals surface area contributed by atoms with Gasteiger partial charge in [0.15, 0.2) is 17.8 Å². The van der Waals surface area contributed by atoms with Gasteiger partial charge in [0.25, 0.3) is 0 Å². The Balaban J connectivity index is 2.13. The van der Waals surface area contributed by atoms with Crippen LogP contribution in [-0.2, 0) is 6.42 Å². The molecule has 0 aliphatic carbocycles. The van der Waals surface area contributed by atoms with Crippen molar-refractivity contribution in [3.63, 3.8) is 0 Å². The fourth-order valence-corrected chi connectivity index (χ4v) is 2.37. The van der Waals surface area contributed by atoms with E-state index in [0.717, 1.165) is 35.7 Å². The Morgan fingerprint density at radius 2 is 2.11 bits per heavy atom. The number of rotatable bonds is 4. The summed E-state index contributed by atoms with van der Waals surface area (Å²) < 4.78 is 10.6. The summed E-state index contributed by atoms with van der Waals surface area (Å²) in [6.45, 7) is 0.234. The first kappa shape index (κ1) is 11.4. The highest BCUT2D eigenvalue weighted by molar-refractivity contribution is 6.17. The number of nitrogens with one attached hydrogen (secondary N) is 1. The molecule has 3 rings (SSSR count). The third kappa shape index (κ3) is 1.73. The first-order valence-corrected chi connectivity index (χ1v) is 6.32. The summed E-state index contributed by atoms with van der Waals surface area (Å²) in [6, 6.07) is 3.72. The zero-order valence-electron chi connectivity index (χ0n) is 9.66. The van der Waals surface area contributed by atoms with Crippen LogP contribution in [0.5, 0.6) is 11.5 Å². The Morgan fingerprint density at radius 1 is 1.33 bits per heavy atom. The van der Waals surface area contributed by atoms with Crippen molar-refractivity contribution in [2.45, 2.75) is 12.8 Å². The van der Waals surface area contributed by atoms with E-state index in [0.29, 0.717) is 22.9 Å². The van der Waals surface area contributed by atoms with E-state index in [-0.39, 0.29) is 6.79 Å². The molecule has 0 atom stereocenters. The Morgan fingerprint density at radius 3 is 2.83 bits per heavy atom. The van der Waals surface area contributed by atoms with Gasteiger partial charge in [-0.05, 0) is 18.9 Å². The van der Waals surface area contributed by atoms with E-state index in [9.17, 15) is 4.79 Å². The van der Waals surface area contributed by atoms with Gasteiger partial charge in [-0.15, -0.1) is 11.6 Å². The second-order valence-electron chi connectivity index (χ2n) is 4.18. The molecule has 0 radical (unpaired) electrons. The highest BCUT2D eigenvalue weighted by Crippen LogP contribution is 2.37. The molecule has 0 saturated carbocycles. The summed E-state index contributed by atoms with van der Waals surface area (Å²) >= 11 is 5.69. The molecule has 94 valence electrons. The number of ether oxygens (including phenoxy) is 2. The zero-order valence-corrected chi connectivity index (χ0v) is 10.4. The largest absolute Gasteiger partial charge is 0.454 e. The zero-order chi connectivity index (χ0) is 12.5. The van der Waals surface area contributed by atoms with Crippen LogP contribution in [0.4, 0.5) is 0 Å². The quantitative estimate of drug-likeness (QED) is 0.683. The molecular weight excluding hydrogens is 254 g/mol. The van der Waals surface area contributed by atoms with Crippen LogP contribution in [0.1, 0.15) is 22.5 Å². The average molecular weight is 266 g/mol. The molecular formula is C13H12ClNO3. The molecule has 5 heteroatoms. The average Bonchev–Trinajstić information content (AvgIpc) is 2.95. The molecule has 4 nitrogen and oxygen atoms in total. The third-order valence-corrected chi connectivity index (χ3v) is 3.36. The predicted octanol–water partition coefficient (Wildman–Crippen LogP) is 2.88. The maximum absolute atomic E-state index is 11.2. The molecule has 0 unspecified atom stereocenters. The first-order valence-electron chi connectivity index (χ1n) is 5.79. The number of aromatic nitrogens is 1. The van der Waals surface area contributed by atoms with Crippen LogP contribution >= 0.6 is 11.6 Å². The fraction of sp³-hybridized carbons (Fsp3) is 0.308. The van der Waals surface area contributed by atoms with Crippen LogP contribution in [-0.4, -0.2) is 23.9 Å². The van der Waals surface area contributed by atoms with E-state index >= 15 is 0 Å². The molecule has 0 amide bonds. The number of benzene rings is 1. The monoisotopic (exact) mass is 265 g/mol. The van der Waals surface area contributed by atoms with Crippen molar-refractivity contribution < 1.29 is 14.3 Å². The van der Waals surface area contributed by atoms with Gasteiger partial charge in [0.1, 0.15) is 0 Å². The molecule has 2 heterocycles. The number of aryl methyl sites for hydroxylation is 1. The maximum atomic E-state index is 11.2. The molecule has 2 aromatic rings. The highest BCUT2D eigenvalue weighted by atomic mass is 35.5. The number of halogens is 1. The van der Waals surface area contributed by atoms with E-state index in [2.05, 4.69) is 4.98 Å². The second-order valence-corrected chi connectivity index (χ2v) is 4.56. The molecule has 0 spiro atoms. The van der Waals surface area contributed by atoms with E-state index in [1.807, 2.05) is 12.1 Å². The Kier molecular flexibility index (Phi) is 2.88. The number of carbonyl (C=O) groups excluding carboxylic acids is 1. The van der Waals surface area contributed by atoms with Crippen molar-refractivity contribution in [3.8, 4) is 11.5 Å². The SMILES string of the molecule is O=Cc1c(CCCCl)[nH]c2cc3c(cc12)OCO3. The van der Waals surface area contributed by atoms with Gasteiger partial charge in [-0.25, -0.2) is 0 Å². The standard InChI is InChI=1S/C13H12ClNO3/c14-3-1-2-10-9(6-16)8-4-12-13(18-7-17-12)5-11(8)15-10/h4-6,15H,1-3,7H2. The van der Waals surface area contributed by atoms with Gasteiger partial charge >= 0.3 is 0 Å². The Labute approximate surface area is 109 Å². The highest BCUT2D eigenvalue weighted by Gasteiger charge is 2.18. The molecule has 18 heavy (non-hydrogen) atoms. The van der Waals surface area contributed by atoms with Gasteiger partial charge in [-0.2, -0.15) is 0 Å². The number of hydrogen-bond donors (Lipinski definition) is 1. The van der Waals surface area contributed by atoms with Crippen molar-refractivity contribution in [3.05, 3.63) is 23.4 Å². The Hall–Kier alpha value is -1.68. The topological polar surface area (TPSA) is 51.3 Å². The number of carbonyl (C=O) groups is 1. The third-order valence-electron chi connectivity index (χ3n) is 3.09. The molecule has 0 fully saturated rings. The minimum Gasteiger partial charge on any atom is -0.454 e. The minimum absolute atomic E-state index is 0.234. The number of alkyl halides is 1. The summed E-state index contributed by atoms with van der Waals surface area (Å²) in [5.74, 6) is 1.98. The lowest BCUT2D eigenvalue weighted by Gasteiger charge is -1.96. The first-order chi connectivity index (χ1) is 8.83. The lowest BCUT2D eigenvalue weighted by molar-refractivity contribution is 0.112. The van der Waals surface area contributed by atoms with E-state index in [1.165, 1.54) is 0 Å². The number of aromatic amines is 1. The lowest BCUT2D eigenvalue weighted by atomic mass is 10.1. The molecule has 1 aliphatic rings. The number of fused-ring (bicyclic) bond motifs is 2. The van der Waals surface area contributed by atoms with Gasteiger partial charge in [-0.3, -0.25) is 4.79 Å². The van der Waals surface area contributed by atoms with Crippen molar-refractivity contribution in [2.75, 3.05) is 12.7 Å². The van der Waals surface area contributed by atoms with E-state index < -0.39 is 0 Å². The van der Waals surface area contributed by atoms with Crippen LogP contribution in [0.25, 0.3) is 10.9 Å². The number of H-pyrrole nitrogens is 1. The molecule has 1 aliphatic heterocycles. The maximum Gasteiger partial charge on any atom is 0.231 e.